The zero-order chi connectivity index (χ0) is 11.2. The Hall–Kier alpha value is -2.00. The van der Waals surface area contributed by atoms with Crippen molar-refractivity contribution in [2.45, 2.75) is 18.4 Å². The fraction of sp³-hybridized carbons (Fsp3) is 0.364. The second kappa shape index (κ2) is 3.00. The molecule has 80 valence electrons. The van der Waals surface area contributed by atoms with Crippen LogP contribution in [0.5, 0.6) is 0 Å². The first kappa shape index (κ1) is 9.24. The van der Waals surface area contributed by atoms with E-state index in [0.717, 1.165) is 29.4 Å². The largest absolute Gasteiger partial charge is 0.248 e. The number of carbonyl (C=O) groups excluding carboxylic acids is 1. The Morgan fingerprint density at radius 1 is 1.50 bits per heavy atom. The maximum Gasteiger partial charge on any atom is 0.235 e. The van der Waals surface area contributed by atoms with E-state index in [1.54, 1.807) is 10.8 Å². The Morgan fingerprint density at radius 2 is 2.31 bits per heavy atom. The third-order valence-electron chi connectivity index (χ3n) is 3.13. The van der Waals surface area contributed by atoms with Gasteiger partial charge in [-0.1, -0.05) is 11.3 Å². The van der Waals surface area contributed by atoms with Gasteiger partial charge < -0.3 is 0 Å². The van der Waals surface area contributed by atoms with E-state index in [0.29, 0.717) is 0 Å². The lowest BCUT2D eigenvalue weighted by Crippen LogP contribution is -2.02. The number of fused-ring (bicyclic) bond motifs is 1. The molecule has 1 heterocycles. The van der Waals surface area contributed by atoms with Crippen LogP contribution in [0.1, 0.15) is 18.4 Å². The first-order valence-electron chi connectivity index (χ1n) is 5.14. The zero-order valence-corrected chi connectivity index (χ0v) is 8.84. The van der Waals surface area contributed by atoms with Crippen LogP contribution < -0.4 is 0 Å². The van der Waals surface area contributed by atoms with Crippen LogP contribution in [0, 0.1) is 0 Å². The highest BCUT2D eigenvalue weighted by Gasteiger charge is 2.44. The van der Waals surface area contributed by atoms with Crippen molar-refractivity contribution >= 4 is 17.1 Å². The summed E-state index contributed by atoms with van der Waals surface area (Å²) in [6.07, 6.45) is 3.49. The number of isocyanates is 1. The van der Waals surface area contributed by atoms with Crippen molar-refractivity contribution in [2.24, 2.45) is 12.0 Å². The fourth-order valence-corrected chi connectivity index (χ4v) is 1.99. The number of hydrogen-bond acceptors (Lipinski definition) is 4. The van der Waals surface area contributed by atoms with Crippen LogP contribution in [0.25, 0.3) is 11.0 Å². The van der Waals surface area contributed by atoms with Crippen LogP contribution in [0.3, 0.4) is 0 Å². The second-order valence-electron chi connectivity index (χ2n) is 4.15. The number of benzene rings is 1. The minimum Gasteiger partial charge on any atom is -0.248 e. The smallest absolute Gasteiger partial charge is 0.235 e. The summed E-state index contributed by atoms with van der Waals surface area (Å²) in [5.41, 5.74) is 2.55. The van der Waals surface area contributed by atoms with Crippen LogP contribution >= 0.6 is 0 Å². The summed E-state index contributed by atoms with van der Waals surface area (Å²) < 4.78 is 1.72. The van der Waals surface area contributed by atoms with Gasteiger partial charge in [0.25, 0.3) is 0 Å². The molecule has 1 aliphatic rings. The maximum atomic E-state index is 10.4. The van der Waals surface area contributed by atoms with Crippen LogP contribution in [0.4, 0.5) is 0 Å². The molecule has 3 rings (SSSR count). The van der Waals surface area contributed by atoms with E-state index in [9.17, 15) is 4.79 Å². The molecule has 1 saturated carbocycles. The normalized spacial score (nSPS) is 17.1. The van der Waals surface area contributed by atoms with Crippen molar-refractivity contribution in [3.8, 4) is 0 Å². The van der Waals surface area contributed by atoms with Gasteiger partial charge in [0.05, 0.1) is 11.1 Å². The zero-order valence-electron chi connectivity index (χ0n) is 8.84. The first-order chi connectivity index (χ1) is 7.75. The van der Waals surface area contributed by atoms with Crippen LogP contribution in [0.15, 0.2) is 23.2 Å². The predicted octanol–water partition coefficient (Wildman–Crippen LogP) is 1.29. The molecule has 0 saturated heterocycles. The van der Waals surface area contributed by atoms with Crippen molar-refractivity contribution in [2.75, 3.05) is 0 Å². The molecule has 1 aliphatic carbocycles. The SMILES string of the molecule is Cn1nnc2ccc(C3(N=C=O)CC3)cc21. The Balaban J connectivity index is 2.18. The molecule has 1 fully saturated rings. The topological polar surface area (TPSA) is 60.1 Å². The van der Waals surface area contributed by atoms with E-state index in [2.05, 4.69) is 15.3 Å². The quantitative estimate of drug-likeness (QED) is 0.559. The molecule has 0 amide bonds. The van der Waals surface area contributed by atoms with Gasteiger partial charge in [-0.25, -0.2) is 9.48 Å². The second-order valence-corrected chi connectivity index (χ2v) is 4.15. The molecule has 16 heavy (non-hydrogen) atoms. The van der Waals surface area contributed by atoms with Crippen LogP contribution in [-0.2, 0) is 17.4 Å². The van der Waals surface area contributed by atoms with Crippen molar-refractivity contribution in [1.29, 1.82) is 0 Å². The number of rotatable bonds is 2. The van der Waals surface area contributed by atoms with E-state index in [-0.39, 0.29) is 5.54 Å². The molecule has 1 aromatic heterocycles. The van der Waals surface area contributed by atoms with Gasteiger partial charge >= 0.3 is 0 Å². The Bertz CT molecular complexity index is 605. The number of aromatic nitrogens is 3. The average Bonchev–Trinajstić information content (AvgIpc) is 2.99. The van der Waals surface area contributed by atoms with Gasteiger partial charge in [-0.2, -0.15) is 4.99 Å². The molecule has 2 aromatic rings. The van der Waals surface area contributed by atoms with Gasteiger partial charge in [0.15, 0.2) is 0 Å². The predicted molar refractivity (Wildman–Crippen MR) is 57.5 cm³/mol. The number of aliphatic imine (C=N–C) groups is 1. The molecule has 0 atom stereocenters. The first-order valence-corrected chi connectivity index (χ1v) is 5.14. The Kier molecular flexibility index (Phi) is 1.73. The molecular weight excluding hydrogens is 204 g/mol. The third kappa shape index (κ3) is 1.19. The summed E-state index contributed by atoms with van der Waals surface area (Å²) in [6.45, 7) is 0. The summed E-state index contributed by atoms with van der Waals surface area (Å²) in [5.74, 6) is 0. The third-order valence-corrected chi connectivity index (χ3v) is 3.13. The van der Waals surface area contributed by atoms with E-state index in [4.69, 9.17) is 0 Å². The molecule has 0 spiro atoms. The molecule has 0 N–H and O–H groups in total. The molecule has 0 aliphatic heterocycles. The van der Waals surface area contributed by atoms with Gasteiger partial charge in [0.2, 0.25) is 6.08 Å². The van der Waals surface area contributed by atoms with E-state index < -0.39 is 0 Å². The molecule has 5 heteroatoms. The number of hydrogen-bond donors (Lipinski definition) is 0. The van der Waals surface area contributed by atoms with Gasteiger partial charge in [-0.15, -0.1) is 5.10 Å². The highest BCUT2D eigenvalue weighted by atomic mass is 16.1. The molecule has 0 unspecified atom stereocenters. The molecule has 0 bridgehead atoms. The molecule has 1 aromatic carbocycles. The standard InChI is InChI=1S/C11H10N4O/c1-15-10-6-8(2-3-9(10)13-14-15)11(4-5-11)12-7-16/h2-3,6H,4-5H2,1H3. The van der Waals surface area contributed by atoms with Crippen LogP contribution in [0.2, 0.25) is 0 Å². The summed E-state index contributed by atoms with van der Waals surface area (Å²) in [5, 5.41) is 7.96. The van der Waals surface area contributed by atoms with Gasteiger partial charge in [-0.05, 0) is 30.5 Å². The summed E-state index contributed by atoms with van der Waals surface area (Å²) in [4.78, 5) is 14.3. The lowest BCUT2D eigenvalue weighted by molar-refractivity contribution is 0.556. The van der Waals surface area contributed by atoms with Gasteiger partial charge in [0.1, 0.15) is 5.52 Å². The Labute approximate surface area is 91.8 Å². The molecule has 0 radical (unpaired) electrons. The van der Waals surface area contributed by atoms with E-state index >= 15 is 0 Å². The van der Waals surface area contributed by atoms with Gasteiger partial charge in [-0.3, -0.25) is 0 Å². The monoisotopic (exact) mass is 214 g/mol. The number of aryl methyl sites for hydroxylation is 1. The summed E-state index contributed by atoms with van der Waals surface area (Å²) in [6, 6.07) is 5.88. The maximum absolute atomic E-state index is 10.4. The lowest BCUT2D eigenvalue weighted by atomic mass is 10.1. The highest BCUT2D eigenvalue weighted by Crippen LogP contribution is 2.49. The molecular formula is C11H10N4O. The fourth-order valence-electron chi connectivity index (χ4n) is 1.99. The highest BCUT2D eigenvalue weighted by molar-refractivity contribution is 5.75. The number of nitrogens with zero attached hydrogens (tertiary/aromatic N) is 4. The van der Waals surface area contributed by atoms with Crippen LogP contribution in [-0.4, -0.2) is 21.1 Å². The van der Waals surface area contributed by atoms with Gasteiger partial charge in [0, 0.05) is 7.05 Å². The summed E-state index contributed by atoms with van der Waals surface area (Å²) in [7, 11) is 1.85. The van der Waals surface area contributed by atoms with E-state index in [1.165, 1.54) is 0 Å². The van der Waals surface area contributed by atoms with Crippen molar-refractivity contribution in [3.63, 3.8) is 0 Å². The van der Waals surface area contributed by atoms with Crippen molar-refractivity contribution in [3.05, 3.63) is 23.8 Å². The van der Waals surface area contributed by atoms with Crippen molar-refractivity contribution in [1.82, 2.24) is 15.0 Å². The summed E-state index contributed by atoms with van der Waals surface area (Å²) >= 11 is 0. The minimum absolute atomic E-state index is 0.319. The minimum atomic E-state index is -0.319. The Morgan fingerprint density at radius 3 is 3.00 bits per heavy atom. The van der Waals surface area contributed by atoms with Crippen molar-refractivity contribution < 1.29 is 4.79 Å². The molecule has 5 nitrogen and oxygen atoms in total. The van der Waals surface area contributed by atoms with E-state index in [1.807, 2.05) is 25.2 Å². The average molecular weight is 214 g/mol. The lowest BCUT2D eigenvalue weighted by Gasteiger charge is -2.07.